The molecule has 0 amide bonds. The molecule has 0 heterocycles. The van der Waals surface area contributed by atoms with Gasteiger partial charge < -0.3 is 19.8 Å². The van der Waals surface area contributed by atoms with Gasteiger partial charge in [-0.3, -0.25) is 0 Å². The number of allylic oxidation sites excluding steroid dienone is 1. The van der Waals surface area contributed by atoms with Gasteiger partial charge in [0.05, 0.1) is 6.61 Å². The average Bonchev–Trinajstić information content (AvgIpc) is 2.62. The maximum Gasteiger partial charge on any atom is 0.122 e. The molecule has 4 nitrogen and oxygen atoms in total. The molecule has 1 unspecified atom stereocenters. The Morgan fingerprint density at radius 2 is 1.76 bits per heavy atom. The van der Waals surface area contributed by atoms with Crippen molar-refractivity contribution in [2.75, 3.05) is 31.2 Å². The zero-order valence-corrected chi connectivity index (χ0v) is 15.1. The summed E-state index contributed by atoms with van der Waals surface area (Å²) in [6, 6.07) is 17.5. The van der Waals surface area contributed by atoms with Crippen molar-refractivity contribution < 1.29 is 14.9 Å². The van der Waals surface area contributed by atoms with E-state index in [4.69, 9.17) is 4.74 Å². The highest BCUT2D eigenvalue weighted by molar-refractivity contribution is 5.85. The van der Waals surface area contributed by atoms with Gasteiger partial charge in [-0.2, -0.15) is 0 Å². The lowest BCUT2D eigenvalue weighted by molar-refractivity contribution is 0.111. The van der Waals surface area contributed by atoms with Crippen molar-refractivity contribution in [2.24, 2.45) is 0 Å². The summed E-state index contributed by atoms with van der Waals surface area (Å²) in [5.41, 5.74) is 2.02. The van der Waals surface area contributed by atoms with E-state index in [9.17, 15) is 10.2 Å². The maximum absolute atomic E-state index is 10.3. The summed E-state index contributed by atoms with van der Waals surface area (Å²) >= 11 is 0. The highest BCUT2D eigenvalue weighted by Gasteiger charge is 2.13. The Labute approximate surface area is 155 Å². The topological polar surface area (TPSA) is 52.9 Å². The summed E-state index contributed by atoms with van der Waals surface area (Å²) in [5.74, 6) is 0.768. The van der Waals surface area contributed by atoms with E-state index >= 15 is 0 Å². The van der Waals surface area contributed by atoms with Crippen molar-refractivity contribution >= 4 is 18.1 Å². The first-order valence-corrected chi connectivity index (χ1v) is 8.15. The van der Waals surface area contributed by atoms with E-state index in [1.54, 1.807) is 0 Å². The van der Waals surface area contributed by atoms with Crippen LogP contribution in [0.5, 0.6) is 5.75 Å². The van der Waals surface area contributed by atoms with Crippen LogP contribution in [0.4, 0.5) is 5.69 Å². The summed E-state index contributed by atoms with van der Waals surface area (Å²) < 4.78 is 5.78. The van der Waals surface area contributed by atoms with Gasteiger partial charge in [-0.15, -0.1) is 19.0 Å². The number of aliphatic hydroxyl groups excluding tert-OH is 2. The number of hydrogen-bond acceptors (Lipinski definition) is 4. The summed E-state index contributed by atoms with van der Waals surface area (Å²) in [7, 11) is 0. The van der Waals surface area contributed by atoms with Gasteiger partial charge in [-0.25, -0.2) is 0 Å². The SMILES string of the molecule is C=CCc1ccccc1OCC(O)CN(CCO)c1ccccc1.Cl. The molecule has 0 saturated carbocycles. The second-order valence-corrected chi connectivity index (χ2v) is 5.57. The van der Waals surface area contributed by atoms with Gasteiger partial charge in [0.25, 0.3) is 0 Å². The van der Waals surface area contributed by atoms with Crippen molar-refractivity contribution in [3.05, 3.63) is 72.8 Å². The number of benzene rings is 2. The Morgan fingerprint density at radius 1 is 1.08 bits per heavy atom. The van der Waals surface area contributed by atoms with Gasteiger partial charge in [0, 0.05) is 18.8 Å². The summed E-state index contributed by atoms with van der Waals surface area (Å²) in [6.45, 7) is 4.84. The van der Waals surface area contributed by atoms with Gasteiger partial charge in [-0.1, -0.05) is 42.5 Å². The minimum atomic E-state index is -0.659. The highest BCUT2D eigenvalue weighted by atomic mass is 35.5. The number of halogens is 1. The van der Waals surface area contributed by atoms with Crippen LogP contribution in [0.25, 0.3) is 0 Å². The van der Waals surface area contributed by atoms with Crippen LogP contribution in [-0.2, 0) is 6.42 Å². The summed E-state index contributed by atoms with van der Waals surface area (Å²) in [5, 5.41) is 19.6. The normalized spacial score (nSPS) is 11.3. The predicted molar refractivity (Wildman–Crippen MR) is 105 cm³/mol. The van der Waals surface area contributed by atoms with Gasteiger partial charge in [0.15, 0.2) is 0 Å². The molecule has 2 aromatic carbocycles. The van der Waals surface area contributed by atoms with E-state index in [1.165, 1.54) is 0 Å². The molecule has 1 atom stereocenters. The van der Waals surface area contributed by atoms with Crippen LogP contribution in [-0.4, -0.2) is 42.6 Å². The molecule has 0 aromatic heterocycles. The second kappa shape index (κ2) is 11.5. The Morgan fingerprint density at radius 3 is 2.44 bits per heavy atom. The summed E-state index contributed by atoms with van der Waals surface area (Å²) in [6.07, 6.45) is 1.90. The lowest BCUT2D eigenvalue weighted by Gasteiger charge is -2.26. The molecule has 2 N–H and O–H groups in total. The van der Waals surface area contributed by atoms with Gasteiger partial charge in [-0.05, 0) is 30.2 Å². The molecule has 25 heavy (non-hydrogen) atoms. The van der Waals surface area contributed by atoms with Crippen molar-refractivity contribution in [3.63, 3.8) is 0 Å². The second-order valence-electron chi connectivity index (χ2n) is 5.57. The molecule has 0 bridgehead atoms. The first-order chi connectivity index (χ1) is 11.7. The lowest BCUT2D eigenvalue weighted by Crippen LogP contribution is -2.37. The molecule has 0 spiro atoms. The molecule has 0 radical (unpaired) electrons. The Kier molecular flexibility index (Phi) is 9.70. The molecule has 0 fully saturated rings. The van der Waals surface area contributed by atoms with Crippen LogP contribution in [0.2, 0.25) is 0 Å². The molecular weight excluding hydrogens is 338 g/mol. The molecule has 2 aromatic rings. The van der Waals surface area contributed by atoms with Crippen molar-refractivity contribution in [2.45, 2.75) is 12.5 Å². The predicted octanol–water partition coefficient (Wildman–Crippen LogP) is 3.08. The third kappa shape index (κ3) is 6.78. The number of nitrogens with zero attached hydrogens (tertiary/aromatic N) is 1. The van der Waals surface area contributed by atoms with Crippen LogP contribution >= 0.6 is 12.4 Å². The Balaban J connectivity index is 0.00000312. The van der Waals surface area contributed by atoms with Crippen molar-refractivity contribution in [1.82, 2.24) is 0 Å². The largest absolute Gasteiger partial charge is 0.491 e. The third-order valence-corrected chi connectivity index (χ3v) is 3.69. The van der Waals surface area contributed by atoms with Crippen molar-refractivity contribution in [3.8, 4) is 5.75 Å². The molecule has 2 rings (SSSR count). The zero-order chi connectivity index (χ0) is 17.2. The fourth-order valence-corrected chi connectivity index (χ4v) is 2.55. The van der Waals surface area contributed by atoms with E-state index in [2.05, 4.69) is 6.58 Å². The molecule has 5 heteroatoms. The standard InChI is InChI=1S/C20H25NO3.ClH/c1-2-8-17-9-6-7-12-20(17)24-16-19(23)15-21(13-14-22)18-10-4-3-5-11-18;/h2-7,9-12,19,22-23H,1,8,13-16H2;1H. The highest BCUT2D eigenvalue weighted by Crippen LogP contribution is 2.19. The van der Waals surface area contributed by atoms with Crippen LogP contribution in [0.15, 0.2) is 67.3 Å². The summed E-state index contributed by atoms with van der Waals surface area (Å²) in [4.78, 5) is 1.95. The Bertz CT molecular complexity index is 621. The van der Waals surface area contributed by atoms with E-state index in [1.807, 2.05) is 65.6 Å². The Hall–Kier alpha value is -2.01. The number of aliphatic hydroxyl groups is 2. The quantitative estimate of drug-likeness (QED) is 0.637. The number of anilines is 1. The van der Waals surface area contributed by atoms with Crippen LogP contribution in [0.1, 0.15) is 5.56 Å². The fourth-order valence-electron chi connectivity index (χ4n) is 2.55. The molecule has 0 aliphatic carbocycles. The fraction of sp³-hybridized carbons (Fsp3) is 0.300. The van der Waals surface area contributed by atoms with E-state index in [0.29, 0.717) is 13.1 Å². The monoisotopic (exact) mass is 363 g/mol. The van der Waals surface area contributed by atoms with E-state index in [-0.39, 0.29) is 25.6 Å². The smallest absolute Gasteiger partial charge is 0.122 e. The average molecular weight is 364 g/mol. The maximum atomic E-state index is 10.3. The number of hydrogen-bond donors (Lipinski definition) is 2. The first kappa shape index (κ1) is 21.0. The number of rotatable bonds is 10. The molecule has 0 aliphatic heterocycles. The zero-order valence-electron chi connectivity index (χ0n) is 14.3. The van der Waals surface area contributed by atoms with Crippen LogP contribution < -0.4 is 9.64 Å². The van der Waals surface area contributed by atoms with E-state index in [0.717, 1.165) is 23.4 Å². The third-order valence-electron chi connectivity index (χ3n) is 3.69. The van der Waals surface area contributed by atoms with E-state index < -0.39 is 6.10 Å². The van der Waals surface area contributed by atoms with Gasteiger partial charge >= 0.3 is 0 Å². The molecule has 0 aliphatic rings. The molecule has 136 valence electrons. The minimum absolute atomic E-state index is 0. The van der Waals surface area contributed by atoms with Gasteiger partial charge in [0.1, 0.15) is 18.5 Å². The minimum Gasteiger partial charge on any atom is -0.491 e. The van der Waals surface area contributed by atoms with Gasteiger partial charge in [0.2, 0.25) is 0 Å². The van der Waals surface area contributed by atoms with Crippen molar-refractivity contribution in [1.29, 1.82) is 0 Å². The van der Waals surface area contributed by atoms with Crippen LogP contribution in [0.3, 0.4) is 0 Å². The lowest BCUT2D eigenvalue weighted by atomic mass is 10.1. The number of ether oxygens (including phenoxy) is 1. The number of para-hydroxylation sites is 2. The van der Waals surface area contributed by atoms with Crippen LogP contribution in [0, 0.1) is 0 Å². The molecule has 0 saturated heterocycles. The molecular formula is C20H26ClNO3. The first-order valence-electron chi connectivity index (χ1n) is 8.15.